The molecule has 0 amide bonds. The first-order valence-electron chi connectivity index (χ1n) is 10.4. The third-order valence-electron chi connectivity index (χ3n) is 5.95. The summed E-state index contributed by atoms with van der Waals surface area (Å²) in [5.74, 6) is -0.458. The fourth-order valence-electron chi connectivity index (χ4n) is 4.53. The Morgan fingerprint density at radius 3 is 2.55 bits per heavy atom. The van der Waals surface area contributed by atoms with Crippen LogP contribution in [0.15, 0.2) is 36.5 Å². The standard InChI is InChI=1S/C23H22F2N4O2/c24-16-10-17(25)12-18(11-16)29-3-1-2-21(29)19-8-15(14-30)9-20-23(19)27-22(13-26-20)28-4-6-31-7-5-28/h8-14,21H,1-7H2. The third-order valence-corrected chi connectivity index (χ3v) is 5.95. The number of carbonyl (C=O) groups excluding carboxylic acids is 1. The highest BCUT2D eigenvalue weighted by Crippen LogP contribution is 2.39. The molecule has 3 heterocycles. The first-order valence-corrected chi connectivity index (χ1v) is 10.4. The van der Waals surface area contributed by atoms with Crippen LogP contribution in [0.5, 0.6) is 0 Å². The number of hydrogen-bond acceptors (Lipinski definition) is 6. The van der Waals surface area contributed by atoms with Crippen LogP contribution in [0.2, 0.25) is 0 Å². The van der Waals surface area contributed by atoms with Crippen LogP contribution in [0, 0.1) is 11.6 Å². The number of aromatic nitrogens is 2. The average molecular weight is 424 g/mol. The topological polar surface area (TPSA) is 58.6 Å². The Balaban J connectivity index is 1.61. The van der Waals surface area contributed by atoms with E-state index < -0.39 is 11.6 Å². The first kappa shape index (κ1) is 19.8. The van der Waals surface area contributed by atoms with Gasteiger partial charge in [-0.1, -0.05) is 0 Å². The van der Waals surface area contributed by atoms with Crippen LogP contribution in [0.1, 0.15) is 34.8 Å². The minimum Gasteiger partial charge on any atom is -0.378 e. The monoisotopic (exact) mass is 424 g/mol. The maximum atomic E-state index is 13.9. The first-order chi connectivity index (χ1) is 15.1. The second-order valence-electron chi connectivity index (χ2n) is 7.90. The number of halogens is 2. The lowest BCUT2D eigenvalue weighted by Gasteiger charge is -2.29. The van der Waals surface area contributed by atoms with Crippen LogP contribution in [0.25, 0.3) is 11.0 Å². The van der Waals surface area contributed by atoms with Crippen molar-refractivity contribution in [2.24, 2.45) is 0 Å². The van der Waals surface area contributed by atoms with E-state index in [1.165, 1.54) is 12.1 Å². The molecule has 2 saturated heterocycles. The van der Waals surface area contributed by atoms with E-state index in [9.17, 15) is 13.6 Å². The molecule has 2 aliphatic rings. The summed E-state index contributed by atoms with van der Waals surface area (Å²) in [5.41, 5.74) is 3.19. The molecular formula is C23H22F2N4O2. The van der Waals surface area contributed by atoms with E-state index in [4.69, 9.17) is 9.72 Å². The van der Waals surface area contributed by atoms with Crippen molar-refractivity contribution in [2.75, 3.05) is 42.6 Å². The van der Waals surface area contributed by atoms with Crippen LogP contribution < -0.4 is 9.80 Å². The van der Waals surface area contributed by atoms with E-state index in [1.807, 2.05) is 11.0 Å². The highest BCUT2D eigenvalue weighted by atomic mass is 19.1. The molecule has 0 radical (unpaired) electrons. The van der Waals surface area contributed by atoms with Crippen LogP contribution in [0.3, 0.4) is 0 Å². The molecule has 0 aliphatic carbocycles. The van der Waals surface area contributed by atoms with Gasteiger partial charge in [-0.3, -0.25) is 9.78 Å². The smallest absolute Gasteiger partial charge is 0.150 e. The Morgan fingerprint density at radius 2 is 1.81 bits per heavy atom. The number of carbonyl (C=O) groups is 1. The number of hydrogen-bond donors (Lipinski definition) is 0. The van der Waals surface area contributed by atoms with Gasteiger partial charge >= 0.3 is 0 Å². The van der Waals surface area contributed by atoms with E-state index in [2.05, 4.69) is 9.88 Å². The maximum Gasteiger partial charge on any atom is 0.150 e. The van der Waals surface area contributed by atoms with Crippen LogP contribution in [0.4, 0.5) is 20.3 Å². The summed E-state index contributed by atoms with van der Waals surface area (Å²) in [4.78, 5) is 25.2. The van der Waals surface area contributed by atoms with E-state index in [0.717, 1.165) is 49.7 Å². The molecule has 1 unspecified atom stereocenters. The maximum absolute atomic E-state index is 13.9. The van der Waals surface area contributed by atoms with E-state index in [1.54, 1.807) is 12.3 Å². The molecule has 2 aromatic carbocycles. The van der Waals surface area contributed by atoms with Gasteiger partial charge in [-0.05, 0) is 37.1 Å². The SMILES string of the molecule is O=Cc1cc(C2CCCN2c2cc(F)cc(F)c2)c2nc(N3CCOCC3)cnc2c1. The number of aldehydes is 1. The number of rotatable bonds is 4. The third kappa shape index (κ3) is 3.83. The van der Waals surface area contributed by atoms with Crippen LogP contribution in [-0.2, 0) is 4.74 Å². The Hall–Kier alpha value is -3.13. The minimum atomic E-state index is -0.610. The molecule has 0 N–H and O–H groups in total. The lowest BCUT2D eigenvalue weighted by Crippen LogP contribution is -2.36. The summed E-state index contributed by atoms with van der Waals surface area (Å²) in [6.07, 6.45) is 4.17. The number of morpholine rings is 1. The fourth-order valence-corrected chi connectivity index (χ4v) is 4.53. The number of anilines is 2. The van der Waals surface area contributed by atoms with Crippen LogP contribution in [-0.4, -0.2) is 49.1 Å². The van der Waals surface area contributed by atoms with Gasteiger partial charge in [0.2, 0.25) is 0 Å². The molecule has 0 bridgehead atoms. The van der Waals surface area contributed by atoms with E-state index in [0.29, 0.717) is 42.0 Å². The summed E-state index contributed by atoms with van der Waals surface area (Å²) in [7, 11) is 0. The van der Waals surface area contributed by atoms with Gasteiger partial charge in [0.05, 0.1) is 36.5 Å². The predicted molar refractivity (Wildman–Crippen MR) is 114 cm³/mol. The largest absolute Gasteiger partial charge is 0.378 e. The number of nitrogens with zero attached hydrogens (tertiary/aromatic N) is 4. The summed E-state index contributed by atoms with van der Waals surface area (Å²) in [5, 5.41) is 0. The lowest BCUT2D eigenvalue weighted by molar-refractivity contribution is 0.112. The van der Waals surface area contributed by atoms with E-state index >= 15 is 0 Å². The average Bonchev–Trinajstić information content (AvgIpc) is 3.28. The minimum absolute atomic E-state index is 0.155. The summed E-state index contributed by atoms with van der Waals surface area (Å²) < 4.78 is 33.2. The van der Waals surface area contributed by atoms with Gasteiger partial charge in [0, 0.05) is 42.5 Å². The van der Waals surface area contributed by atoms with Gasteiger partial charge in [0.25, 0.3) is 0 Å². The molecule has 160 valence electrons. The molecule has 5 rings (SSSR count). The number of ether oxygens (including phenoxy) is 1. The Morgan fingerprint density at radius 1 is 1.03 bits per heavy atom. The molecular weight excluding hydrogens is 402 g/mol. The molecule has 0 spiro atoms. The van der Waals surface area contributed by atoms with Gasteiger partial charge in [-0.2, -0.15) is 0 Å². The van der Waals surface area contributed by atoms with Crippen molar-refractivity contribution in [1.82, 2.24) is 9.97 Å². The zero-order valence-corrected chi connectivity index (χ0v) is 16.9. The zero-order valence-electron chi connectivity index (χ0n) is 16.9. The van der Waals surface area contributed by atoms with Crippen molar-refractivity contribution in [2.45, 2.75) is 18.9 Å². The molecule has 8 heteroatoms. The van der Waals surface area contributed by atoms with Crippen LogP contribution >= 0.6 is 0 Å². The summed E-state index contributed by atoms with van der Waals surface area (Å²) >= 11 is 0. The van der Waals surface area contributed by atoms with Gasteiger partial charge in [-0.15, -0.1) is 0 Å². The predicted octanol–water partition coefficient (Wildman–Crippen LogP) is 3.90. The molecule has 6 nitrogen and oxygen atoms in total. The number of benzene rings is 2. The second-order valence-corrected chi connectivity index (χ2v) is 7.90. The van der Waals surface area contributed by atoms with Gasteiger partial charge in [0.1, 0.15) is 23.7 Å². The van der Waals surface area contributed by atoms with Crippen molar-refractivity contribution in [1.29, 1.82) is 0 Å². The fraction of sp³-hybridized carbons (Fsp3) is 0.348. The molecule has 2 fully saturated rings. The molecule has 3 aromatic rings. The van der Waals surface area contributed by atoms with E-state index in [-0.39, 0.29) is 6.04 Å². The zero-order chi connectivity index (χ0) is 21.4. The second kappa shape index (κ2) is 8.19. The molecule has 1 atom stereocenters. The van der Waals surface area contributed by atoms with Crippen molar-refractivity contribution in [3.8, 4) is 0 Å². The van der Waals surface area contributed by atoms with Gasteiger partial charge < -0.3 is 14.5 Å². The Kier molecular flexibility index (Phi) is 5.23. The van der Waals surface area contributed by atoms with Gasteiger partial charge in [-0.25, -0.2) is 13.8 Å². The Labute approximate surface area is 178 Å². The van der Waals surface area contributed by atoms with Crippen molar-refractivity contribution in [3.63, 3.8) is 0 Å². The molecule has 31 heavy (non-hydrogen) atoms. The number of fused-ring (bicyclic) bond motifs is 1. The normalized spacial score (nSPS) is 19.2. The Bertz CT molecular complexity index is 1110. The van der Waals surface area contributed by atoms with Gasteiger partial charge in [0.15, 0.2) is 0 Å². The summed E-state index contributed by atoms with van der Waals surface area (Å²) in [6, 6.07) is 6.96. The van der Waals surface area contributed by atoms with Crippen molar-refractivity contribution < 1.29 is 18.3 Å². The molecule has 1 aromatic heterocycles. The molecule has 2 aliphatic heterocycles. The van der Waals surface area contributed by atoms with Crippen molar-refractivity contribution in [3.05, 3.63) is 59.3 Å². The highest BCUT2D eigenvalue weighted by molar-refractivity contribution is 5.88. The lowest BCUT2D eigenvalue weighted by atomic mass is 9.99. The van der Waals surface area contributed by atoms with Crippen molar-refractivity contribution >= 4 is 28.8 Å². The summed E-state index contributed by atoms with van der Waals surface area (Å²) in [6.45, 7) is 3.41. The quantitative estimate of drug-likeness (QED) is 0.592. The molecule has 0 saturated carbocycles. The highest BCUT2D eigenvalue weighted by Gasteiger charge is 2.30.